The van der Waals surface area contributed by atoms with Gasteiger partial charge in [-0.2, -0.15) is 0 Å². The molecule has 0 radical (unpaired) electrons. The molecule has 1 unspecified atom stereocenters. The number of benzene rings is 2. The van der Waals surface area contributed by atoms with E-state index in [9.17, 15) is 14.4 Å². The Bertz CT molecular complexity index is 1610. The van der Waals surface area contributed by atoms with Crippen molar-refractivity contribution in [3.8, 4) is 17.2 Å². The van der Waals surface area contributed by atoms with Crippen LogP contribution in [-0.4, -0.2) is 37.3 Å². The Morgan fingerprint density at radius 1 is 1.11 bits per heavy atom. The molecule has 0 amide bonds. The summed E-state index contributed by atoms with van der Waals surface area (Å²) in [6.45, 7) is 6.62. The van der Waals surface area contributed by atoms with E-state index in [0.717, 1.165) is 5.56 Å². The second-order valence-corrected chi connectivity index (χ2v) is 9.26. The van der Waals surface area contributed by atoms with Gasteiger partial charge >= 0.3 is 11.9 Å². The van der Waals surface area contributed by atoms with Crippen LogP contribution in [0.4, 0.5) is 0 Å². The quantitative estimate of drug-likeness (QED) is 0.249. The molecule has 0 N–H and O–H groups in total. The van der Waals surface area contributed by atoms with Crippen LogP contribution in [0.5, 0.6) is 17.2 Å². The number of rotatable bonds is 8. The summed E-state index contributed by atoms with van der Waals surface area (Å²) >= 11 is 1.21. The first kappa shape index (κ1) is 26.6. The number of hydrogen-bond acceptors (Lipinski definition) is 9. The molecule has 2 aromatic carbocycles. The molecule has 0 aliphatic carbocycles. The topological polar surface area (TPSA) is 105 Å². The minimum Gasteiger partial charge on any atom is -0.493 e. The number of aromatic nitrogens is 1. The van der Waals surface area contributed by atoms with E-state index in [1.807, 2.05) is 6.07 Å². The fraction of sp³-hybridized carbons (Fsp3) is 0.214. The second-order valence-electron chi connectivity index (χ2n) is 8.25. The van der Waals surface area contributed by atoms with Gasteiger partial charge in [0, 0.05) is 6.92 Å². The number of hydrogen-bond donors (Lipinski definition) is 0. The van der Waals surface area contributed by atoms with Crippen molar-refractivity contribution in [2.75, 3.05) is 20.8 Å². The van der Waals surface area contributed by atoms with Gasteiger partial charge < -0.3 is 18.9 Å². The van der Waals surface area contributed by atoms with Gasteiger partial charge in [0.1, 0.15) is 12.4 Å². The van der Waals surface area contributed by atoms with Crippen molar-refractivity contribution >= 4 is 29.4 Å². The number of allylic oxidation sites excluding steroid dienone is 1. The number of ether oxygens (including phenoxy) is 4. The average Bonchev–Trinajstić information content (AvgIpc) is 3.20. The van der Waals surface area contributed by atoms with Crippen LogP contribution in [0.1, 0.15) is 31.0 Å². The maximum absolute atomic E-state index is 13.7. The van der Waals surface area contributed by atoms with E-state index in [1.54, 1.807) is 56.5 Å². The van der Waals surface area contributed by atoms with Crippen LogP contribution < -0.4 is 29.1 Å². The third-order valence-corrected chi connectivity index (χ3v) is 6.72. The predicted octanol–water partition coefficient (Wildman–Crippen LogP) is 2.91. The van der Waals surface area contributed by atoms with Gasteiger partial charge in [0.05, 0.1) is 36.1 Å². The standard InChI is InChI=1S/C28H26N2O7S/c1-6-13-36-27(33)24-16(2)29-28-30(25(24)19-8-10-20(11-9-19)37-17(3)31)26(32)23(38-28)15-18-7-12-21(34-4)22(14-18)35-5/h6-12,14-15,25H,1,13H2,2-5H3. The highest BCUT2D eigenvalue weighted by Gasteiger charge is 2.33. The van der Waals surface area contributed by atoms with Gasteiger partial charge in [0.15, 0.2) is 16.3 Å². The van der Waals surface area contributed by atoms with Crippen LogP contribution >= 0.6 is 11.3 Å². The molecular formula is C28H26N2O7S. The lowest BCUT2D eigenvalue weighted by Gasteiger charge is -2.24. The third-order valence-electron chi connectivity index (χ3n) is 5.74. The molecule has 1 aliphatic rings. The Morgan fingerprint density at radius 2 is 1.82 bits per heavy atom. The molecule has 10 heteroatoms. The molecular weight excluding hydrogens is 508 g/mol. The maximum atomic E-state index is 13.7. The van der Waals surface area contributed by atoms with Gasteiger partial charge in [-0.15, -0.1) is 0 Å². The molecule has 0 fully saturated rings. The highest BCUT2D eigenvalue weighted by atomic mass is 32.1. The monoisotopic (exact) mass is 534 g/mol. The highest BCUT2D eigenvalue weighted by Crippen LogP contribution is 2.32. The highest BCUT2D eigenvalue weighted by molar-refractivity contribution is 7.07. The van der Waals surface area contributed by atoms with Crippen LogP contribution in [0.2, 0.25) is 0 Å². The van der Waals surface area contributed by atoms with Gasteiger partial charge in [-0.25, -0.2) is 9.79 Å². The molecule has 0 saturated heterocycles. The van der Waals surface area contributed by atoms with E-state index in [2.05, 4.69) is 11.6 Å². The van der Waals surface area contributed by atoms with Gasteiger partial charge in [-0.1, -0.05) is 42.2 Å². The number of fused-ring (bicyclic) bond motifs is 1. The van der Waals surface area contributed by atoms with Crippen molar-refractivity contribution in [1.29, 1.82) is 0 Å². The number of thiazole rings is 1. The Labute approximate surface area is 222 Å². The van der Waals surface area contributed by atoms with Crippen molar-refractivity contribution < 1.29 is 28.5 Å². The normalized spacial score (nSPS) is 14.8. The summed E-state index contributed by atoms with van der Waals surface area (Å²) in [6, 6.07) is 11.2. The fourth-order valence-corrected chi connectivity index (χ4v) is 5.14. The van der Waals surface area contributed by atoms with E-state index < -0.39 is 18.0 Å². The first-order chi connectivity index (χ1) is 18.3. The Hall–Kier alpha value is -4.44. The van der Waals surface area contributed by atoms with Gasteiger partial charge in [-0.3, -0.25) is 14.2 Å². The predicted molar refractivity (Wildman–Crippen MR) is 142 cm³/mol. The van der Waals surface area contributed by atoms with Crippen molar-refractivity contribution in [2.45, 2.75) is 19.9 Å². The lowest BCUT2D eigenvalue weighted by molar-refractivity contribution is -0.138. The fourth-order valence-electron chi connectivity index (χ4n) is 4.09. The summed E-state index contributed by atoms with van der Waals surface area (Å²) in [6.07, 6.45) is 3.21. The summed E-state index contributed by atoms with van der Waals surface area (Å²) in [4.78, 5) is 43.2. The molecule has 0 saturated carbocycles. The lowest BCUT2D eigenvalue weighted by Crippen LogP contribution is -2.39. The smallest absolute Gasteiger partial charge is 0.338 e. The van der Waals surface area contributed by atoms with Crippen LogP contribution in [0.15, 0.2) is 76.2 Å². The molecule has 3 aromatic rings. The first-order valence-electron chi connectivity index (χ1n) is 11.6. The second kappa shape index (κ2) is 11.3. The van der Waals surface area contributed by atoms with E-state index in [0.29, 0.717) is 37.8 Å². The zero-order valence-electron chi connectivity index (χ0n) is 21.3. The zero-order chi connectivity index (χ0) is 27.4. The molecule has 38 heavy (non-hydrogen) atoms. The Morgan fingerprint density at radius 3 is 2.45 bits per heavy atom. The van der Waals surface area contributed by atoms with Crippen molar-refractivity contribution in [3.05, 3.63) is 97.2 Å². The summed E-state index contributed by atoms with van der Waals surface area (Å²) in [5, 5.41) is 0. The largest absolute Gasteiger partial charge is 0.493 e. The van der Waals surface area contributed by atoms with Crippen LogP contribution in [-0.2, 0) is 14.3 Å². The number of methoxy groups -OCH3 is 2. The Balaban J connectivity index is 1.88. The maximum Gasteiger partial charge on any atom is 0.338 e. The van der Waals surface area contributed by atoms with Crippen LogP contribution in [0.3, 0.4) is 0 Å². The molecule has 0 bridgehead atoms. The molecule has 4 rings (SSSR count). The number of carbonyl (C=O) groups excluding carboxylic acids is 2. The van der Waals surface area contributed by atoms with Crippen molar-refractivity contribution in [2.24, 2.45) is 4.99 Å². The lowest BCUT2D eigenvalue weighted by atomic mass is 9.96. The van der Waals surface area contributed by atoms with Gasteiger partial charge in [-0.05, 0) is 48.4 Å². The minimum absolute atomic E-state index is 0.0114. The van der Waals surface area contributed by atoms with E-state index in [-0.39, 0.29) is 17.7 Å². The number of esters is 2. The SMILES string of the molecule is C=CCOC(=O)C1=C(C)N=c2sc(=Cc3ccc(OC)c(OC)c3)c(=O)n2C1c1ccc(OC(C)=O)cc1. The third kappa shape index (κ3) is 5.30. The van der Waals surface area contributed by atoms with Crippen molar-refractivity contribution in [1.82, 2.24) is 4.57 Å². The molecule has 0 spiro atoms. The van der Waals surface area contributed by atoms with E-state index in [4.69, 9.17) is 18.9 Å². The summed E-state index contributed by atoms with van der Waals surface area (Å²) in [5.74, 6) is 0.391. The van der Waals surface area contributed by atoms with Gasteiger partial charge in [0.2, 0.25) is 0 Å². The van der Waals surface area contributed by atoms with Crippen molar-refractivity contribution in [3.63, 3.8) is 0 Å². The van der Waals surface area contributed by atoms with E-state index in [1.165, 1.54) is 36.0 Å². The molecule has 1 aliphatic heterocycles. The summed E-state index contributed by atoms with van der Waals surface area (Å²) in [7, 11) is 3.09. The summed E-state index contributed by atoms with van der Waals surface area (Å²) in [5.41, 5.74) is 1.71. The van der Waals surface area contributed by atoms with Crippen LogP contribution in [0, 0.1) is 0 Å². The zero-order valence-corrected chi connectivity index (χ0v) is 22.2. The molecule has 2 heterocycles. The molecule has 196 valence electrons. The first-order valence-corrected chi connectivity index (χ1v) is 12.4. The van der Waals surface area contributed by atoms with E-state index >= 15 is 0 Å². The number of nitrogens with zero attached hydrogens (tertiary/aromatic N) is 2. The molecule has 1 aromatic heterocycles. The molecule has 9 nitrogen and oxygen atoms in total. The average molecular weight is 535 g/mol. The molecule has 1 atom stereocenters. The van der Waals surface area contributed by atoms with Gasteiger partial charge in [0.25, 0.3) is 5.56 Å². The number of carbonyl (C=O) groups is 2. The van der Waals surface area contributed by atoms with Crippen LogP contribution in [0.25, 0.3) is 6.08 Å². The Kier molecular flexibility index (Phi) is 7.92. The minimum atomic E-state index is -0.803. The summed E-state index contributed by atoms with van der Waals surface area (Å²) < 4.78 is 23.1.